The predicted molar refractivity (Wildman–Crippen MR) is 75.2 cm³/mol. The van der Waals surface area contributed by atoms with Crippen molar-refractivity contribution in [1.29, 1.82) is 0 Å². The molecule has 2 fully saturated rings. The fourth-order valence-corrected chi connectivity index (χ4v) is 3.28. The molecule has 3 heterocycles. The van der Waals surface area contributed by atoms with Crippen LogP contribution >= 0.6 is 11.6 Å². The molecule has 1 unspecified atom stereocenters. The van der Waals surface area contributed by atoms with E-state index in [1.807, 2.05) is 6.07 Å². The second-order valence-electron chi connectivity index (χ2n) is 5.25. The maximum absolute atomic E-state index is 5.87. The average Bonchev–Trinajstić information content (AvgIpc) is 2.76. The molecule has 0 radical (unpaired) electrons. The van der Waals surface area contributed by atoms with Crippen LogP contribution in [0.15, 0.2) is 18.2 Å². The van der Waals surface area contributed by atoms with Crippen LogP contribution < -0.4 is 4.90 Å². The lowest BCUT2D eigenvalue weighted by Gasteiger charge is -2.26. The average molecular weight is 266 g/mol. The lowest BCUT2D eigenvalue weighted by atomic mass is 10.2. The fraction of sp³-hybridized carbons (Fsp3) is 0.643. The largest absolute Gasteiger partial charge is 0.355 e. The van der Waals surface area contributed by atoms with Gasteiger partial charge in [-0.25, -0.2) is 4.98 Å². The highest BCUT2D eigenvalue weighted by Crippen LogP contribution is 2.24. The second-order valence-corrected chi connectivity index (χ2v) is 5.52. The van der Waals surface area contributed by atoms with Crippen molar-refractivity contribution in [3.8, 4) is 0 Å². The van der Waals surface area contributed by atoms with Gasteiger partial charge in [0.25, 0.3) is 0 Å². The number of hydrogen-bond donors (Lipinski definition) is 0. The molecule has 98 valence electrons. The second kappa shape index (κ2) is 5.45. The first-order chi connectivity index (χ1) is 8.86. The van der Waals surface area contributed by atoms with Gasteiger partial charge in [-0.3, -0.25) is 4.90 Å². The summed E-state index contributed by atoms with van der Waals surface area (Å²) in [6.07, 6.45) is 3.93. The summed E-state index contributed by atoms with van der Waals surface area (Å²) < 4.78 is 0. The van der Waals surface area contributed by atoms with Crippen molar-refractivity contribution in [2.75, 3.05) is 31.1 Å². The van der Waals surface area contributed by atoms with Crippen LogP contribution in [0.25, 0.3) is 0 Å². The van der Waals surface area contributed by atoms with Gasteiger partial charge in [0, 0.05) is 25.7 Å². The topological polar surface area (TPSA) is 19.4 Å². The molecule has 0 amide bonds. The quantitative estimate of drug-likeness (QED) is 0.766. The fourth-order valence-electron chi connectivity index (χ4n) is 3.13. The van der Waals surface area contributed by atoms with Crippen molar-refractivity contribution in [2.45, 2.75) is 31.2 Å². The Balaban J connectivity index is 1.78. The molecule has 3 rings (SSSR count). The molecule has 2 saturated heterocycles. The van der Waals surface area contributed by atoms with E-state index in [0.29, 0.717) is 5.88 Å². The van der Waals surface area contributed by atoms with E-state index < -0.39 is 0 Å². The summed E-state index contributed by atoms with van der Waals surface area (Å²) in [6.45, 7) is 4.77. The molecule has 2 aliphatic rings. The molecule has 0 aromatic carbocycles. The van der Waals surface area contributed by atoms with E-state index in [1.54, 1.807) is 0 Å². The van der Waals surface area contributed by atoms with Gasteiger partial charge in [-0.05, 0) is 37.9 Å². The van der Waals surface area contributed by atoms with Crippen LogP contribution in [0.4, 0.5) is 5.82 Å². The lowest BCUT2D eigenvalue weighted by molar-refractivity contribution is 0.273. The summed E-state index contributed by atoms with van der Waals surface area (Å²) in [5.74, 6) is 1.60. The Kier molecular flexibility index (Phi) is 3.71. The first-order valence-electron chi connectivity index (χ1n) is 6.88. The van der Waals surface area contributed by atoms with E-state index >= 15 is 0 Å². The number of anilines is 1. The Bertz CT molecular complexity index is 410. The summed E-state index contributed by atoms with van der Waals surface area (Å²) in [7, 11) is 0. The molecule has 2 aliphatic heterocycles. The first-order valence-corrected chi connectivity index (χ1v) is 7.41. The lowest BCUT2D eigenvalue weighted by Crippen LogP contribution is -2.37. The highest BCUT2D eigenvalue weighted by atomic mass is 35.5. The van der Waals surface area contributed by atoms with E-state index in [1.165, 1.54) is 32.4 Å². The van der Waals surface area contributed by atoms with Crippen LogP contribution in [-0.2, 0) is 5.88 Å². The molecule has 3 nitrogen and oxygen atoms in total. The van der Waals surface area contributed by atoms with Gasteiger partial charge < -0.3 is 4.90 Å². The van der Waals surface area contributed by atoms with Crippen molar-refractivity contribution in [1.82, 2.24) is 9.88 Å². The number of alkyl halides is 1. The number of nitrogens with zero attached hydrogens (tertiary/aromatic N) is 3. The molecule has 0 saturated carbocycles. The molecular formula is C14H20ClN3. The SMILES string of the molecule is ClCc1cccc(N2CCCN3CCCC3C2)n1. The zero-order chi connectivity index (χ0) is 12.4. The Hall–Kier alpha value is -0.800. The smallest absolute Gasteiger partial charge is 0.128 e. The third kappa shape index (κ3) is 2.47. The molecule has 0 spiro atoms. The van der Waals surface area contributed by atoms with Gasteiger partial charge >= 0.3 is 0 Å². The van der Waals surface area contributed by atoms with E-state index in [4.69, 9.17) is 11.6 Å². The van der Waals surface area contributed by atoms with Crippen molar-refractivity contribution in [3.05, 3.63) is 23.9 Å². The molecule has 1 aromatic rings. The highest BCUT2D eigenvalue weighted by Gasteiger charge is 2.29. The van der Waals surface area contributed by atoms with Crippen LogP contribution in [0.5, 0.6) is 0 Å². The molecular weight excluding hydrogens is 246 g/mol. The zero-order valence-electron chi connectivity index (χ0n) is 10.7. The maximum Gasteiger partial charge on any atom is 0.128 e. The Morgan fingerprint density at radius 1 is 1.22 bits per heavy atom. The summed E-state index contributed by atoms with van der Waals surface area (Å²) in [5.41, 5.74) is 0.974. The van der Waals surface area contributed by atoms with Crippen LogP contribution in [0.1, 0.15) is 25.0 Å². The Morgan fingerprint density at radius 3 is 3.00 bits per heavy atom. The van der Waals surface area contributed by atoms with Gasteiger partial charge in [0.2, 0.25) is 0 Å². The zero-order valence-corrected chi connectivity index (χ0v) is 11.4. The number of hydrogen-bond acceptors (Lipinski definition) is 3. The number of fused-ring (bicyclic) bond motifs is 1. The van der Waals surface area contributed by atoms with Crippen molar-refractivity contribution < 1.29 is 0 Å². The minimum absolute atomic E-state index is 0.497. The molecule has 0 aliphatic carbocycles. The van der Waals surface area contributed by atoms with Crippen molar-refractivity contribution in [2.24, 2.45) is 0 Å². The number of pyridine rings is 1. The number of aromatic nitrogens is 1. The van der Waals surface area contributed by atoms with Gasteiger partial charge in [-0.1, -0.05) is 6.07 Å². The minimum atomic E-state index is 0.497. The summed E-state index contributed by atoms with van der Waals surface area (Å²) >= 11 is 5.87. The predicted octanol–water partition coefficient (Wildman–Crippen LogP) is 2.49. The van der Waals surface area contributed by atoms with Gasteiger partial charge in [0.15, 0.2) is 0 Å². The van der Waals surface area contributed by atoms with Gasteiger partial charge in [0.05, 0.1) is 11.6 Å². The van der Waals surface area contributed by atoms with Crippen LogP contribution in [0.2, 0.25) is 0 Å². The van der Waals surface area contributed by atoms with Gasteiger partial charge in [-0.2, -0.15) is 0 Å². The maximum atomic E-state index is 5.87. The Morgan fingerprint density at radius 2 is 2.11 bits per heavy atom. The van der Waals surface area contributed by atoms with Crippen molar-refractivity contribution in [3.63, 3.8) is 0 Å². The van der Waals surface area contributed by atoms with Crippen LogP contribution in [-0.4, -0.2) is 42.1 Å². The normalized spacial score (nSPS) is 24.9. The van der Waals surface area contributed by atoms with Crippen LogP contribution in [0.3, 0.4) is 0 Å². The van der Waals surface area contributed by atoms with Gasteiger partial charge in [0.1, 0.15) is 5.82 Å². The van der Waals surface area contributed by atoms with Gasteiger partial charge in [-0.15, -0.1) is 11.6 Å². The highest BCUT2D eigenvalue weighted by molar-refractivity contribution is 6.16. The van der Waals surface area contributed by atoms with E-state index in [2.05, 4.69) is 26.9 Å². The Labute approximate surface area is 114 Å². The van der Waals surface area contributed by atoms with E-state index in [-0.39, 0.29) is 0 Å². The number of rotatable bonds is 2. The molecule has 0 N–H and O–H groups in total. The molecule has 4 heteroatoms. The summed E-state index contributed by atoms with van der Waals surface area (Å²) in [6, 6.07) is 6.91. The molecule has 1 atom stereocenters. The summed E-state index contributed by atoms with van der Waals surface area (Å²) in [5, 5.41) is 0. The molecule has 18 heavy (non-hydrogen) atoms. The standard InChI is InChI=1S/C14H20ClN3/c15-10-12-4-1-6-14(16-12)18-9-3-8-17-7-2-5-13(17)11-18/h1,4,6,13H,2-3,5,7-11H2. The third-order valence-electron chi connectivity index (χ3n) is 4.06. The van der Waals surface area contributed by atoms with E-state index in [9.17, 15) is 0 Å². The first kappa shape index (κ1) is 12.2. The van der Waals surface area contributed by atoms with Crippen molar-refractivity contribution >= 4 is 17.4 Å². The minimum Gasteiger partial charge on any atom is -0.355 e. The molecule has 1 aromatic heterocycles. The van der Waals surface area contributed by atoms with E-state index in [0.717, 1.165) is 30.6 Å². The summed E-state index contributed by atoms with van der Waals surface area (Å²) in [4.78, 5) is 9.73. The number of halogens is 1. The van der Waals surface area contributed by atoms with Crippen LogP contribution in [0, 0.1) is 0 Å². The molecule has 0 bridgehead atoms. The monoisotopic (exact) mass is 265 g/mol. The third-order valence-corrected chi connectivity index (χ3v) is 4.33.